The third-order valence-corrected chi connectivity index (χ3v) is 7.43. The van der Waals surface area contributed by atoms with Crippen LogP contribution in [-0.2, 0) is 10.2 Å². The van der Waals surface area contributed by atoms with Crippen LogP contribution in [0.2, 0.25) is 0 Å². The average molecular weight is 568 g/mol. The Morgan fingerprint density at radius 1 is 1.02 bits per heavy atom. The highest BCUT2D eigenvalue weighted by Crippen LogP contribution is 2.49. The number of hydrogen-bond donors (Lipinski definition) is 4. The molecule has 0 radical (unpaired) electrons. The molecule has 40 heavy (non-hydrogen) atoms. The molecule has 2 aliphatic rings. The number of likely N-dealkylation sites (N-methyl/N-ethyl adjacent to an activating group) is 1. The van der Waals surface area contributed by atoms with E-state index < -0.39 is 18.1 Å². The highest BCUT2D eigenvalue weighted by molar-refractivity contribution is 5.93. The summed E-state index contributed by atoms with van der Waals surface area (Å²) in [6, 6.07) is 12.5. The molecule has 0 aromatic heterocycles. The molecule has 3 atom stereocenters. The van der Waals surface area contributed by atoms with Gasteiger partial charge in [-0.15, -0.1) is 0 Å². The molecule has 2 amide bonds. The zero-order valence-corrected chi connectivity index (χ0v) is 22.2. The number of urea groups is 1. The zero-order valence-electron chi connectivity index (χ0n) is 22.2. The first-order chi connectivity index (χ1) is 18.8. The van der Waals surface area contributed by atoms with E-state index in [4.69, 9.17) is 24.5 Å². The number of alkyl halides is 3. The van der Waals surface area contributed by atoms with Crippen molar-refractivity contribution in [2.45, 2.75) is 49.4 Å². The molecule has 2 fully saturated rings. The number of aromatic carboxylic acids is 1. The predicted molar refractivity (Wildman–Crippen MR) is 139 cm³/mol. The number of anilines is 1. The van der Waals surface area contributed by atoms with Crippen molar-refractivity contribution in [1.82, 2.24) is 10.2 Å². The molecule has 4 rings (SSSR count). The first-order valence-electron chi connectivity index (χ1n) is 12.4. The maximum absolute atomic E-state index is 12.6. The van der Waals surface area contributed by atoms with Gasteiger partial charge in [0, 0.05) is 23.2 Å². The summed E-state index contributed by atoms with van der Waals surface area (Å²) in [4.78, 5) is 35.1. The van der Waals surface area contributed by atoms with E-state index in [-0.39, 0.29) is 23.1 Å². The minimum Gasteiger partial charge on any atom is -0.493 e. The van der Waals surface area contributed by atoms with Gasteiger partial charge in [-0.1, -0.05) is 12.1 Å². The Bertz CT molecular complexity index is 1240. The zero-order chi connectivity index (χ0) is 29.7. The number of rotatable bonds is 6. The maximum Gasteiger partial charge on any atom is 0.490 e. The lowest BCUT2D eigenvalue weighted by molar-refractivity contribution is -0.192. The van der Waals surface area contributed by atoms with Crippen LogP contribution in [0.1, 0.15) is 41.6 Å². The molecule has 1 aliphatic heterocycles. The molecule has 0 spiro atoms. The molecule has 2 aromatic carbocycles. The molecular formula is C27H32F3N3O7. The van der Waals surface area contributed by atoms with Crippen LogP contribution in [-0.4, -0.2) is 79.2 Å². The summed E-state index contributed by atoms with van der Waals surface area (Å²) in [6.07, 6.45) is -1.36. The topological polar surface area (TPSA) is 137 Å². The number of halogens is 3. The van der Waals surface area contributed by atoms with Gasteiger partial charge in [-0.2, -0.15) is 13.2 Å². The molecule has 3 unspecified atom stereocenters. The second-order valence-corrected chi connectivity index (χ2v) is 9.73. The van der Waals surface area contributed by atoms with Gasteiger partial charge in [-0.3, -0.25) is 0 Å². The smallest absolute Gasteiger partial charge is 0.490 e. The predicted octanol–water partition coefficient (Wildman–Crippen LogP) is 4.35. The number of benzene rings is 2. The number of amides is 2. The fourth-order valence-corrected chi connectivity index (χ4v) is 5.48. The molecule has 0 bridgehead atoms. The van der Waals surface area contributed by atoms with Gasteiger partial charge < -0.3 is 35.2 Å². The summed E-state index contributed by atoms with van der Waals surface area (Å²) in [5, 5.41) is 22.1. The van der Waals surface area contributed by atoms with Crippen molar-refractivity contribution < 1.29 is 47.2 Å². The Hall–Kier alpha value is -4.00. The number of carboxylic acid groups (broad SMARTS) is 2. The van der Waals surface area contributed by atoms with Crippen molar-refractivity contribution in [3.8, 4) is 11.5 Å². The first-order valence-corrected chi connectivity index (χ1v) is 12.4. The van der Waals surface area contributed by atoms with Crippen LogP contribution in [0.15, 0.2) is 42.5 Å². The molecule has 1 saturated heterocycles. The fourth-order valence-electron chi connectivity index (χ4n) is 5.48. The van der Waals surface area contributed by atoms with Gasteiger partial charge in [0.15, 0.2) is 11.5 Å². The van der Waals surface area contributed by atoms with Crippen LogP contribution < -0.4 is 20.1 Å². The Balaban J connectivity index is 0.000000559. The summed E-state index contributed by atoms with van der Waals surface area (Å²) in [5.74, 6) is -2.32. The lowest BCUT2D eigenvalue weighted by Crippen LogP contribution is -2.52. The van der Waals surface area contributed by atoms with Crippen molar-refractivity contribution in [1.29, 1.82) is 0 Å². The largest absolute Gasteiger partial charge is 0.493 e. The molecule has 2 aromatic rings. The van der Waals surface area contributed by atoms with Crippen molar-refractivity contribution in [2.75, 3.05) is 33.1 Å². The van der Waals surface area contributed by atoms with E-state index in [0.29, 0.717) is 11.7 Å². The summed E-state index contributed by atoms with van der Waals surface area (Å²) >= 11 is 0. The van der Waals surface area contributed by atoms with Gasteiger partial charge in [0.25, 0.3) is 0 Å². The standard InChI is InChI=1S/C25H31N3O5.C2HF3O2/c1-28-12-11-25(17-7-8-20(32-2)21(14-17)33-3)10-9-19(15-22(25)28)27-24(31)26-18-6-4-5-16(13-18)23(29)30;3-2(4,5)1(6)7/h4-8,13-14,19,22H,9-12,15H2,1-3H3,(H,29,30)(H2,26,27,31);(H,6,7). The third-order valence-electron chi connectivity index (χ3n) is 7.43. The van der Waals surface area contributed by atoms with Crippen LogP contribution in [0.25, 0.3) is 0 Å². The van der Waals surface area contributed by atoms with Gasteiger partial charge in [-0.25, -0.2) is 14.4 Å². The highest BCUT2D eigenvalue weighted by Gasteiger charge is 2.50. The van der Waals surface area contributed by atoms with E-state index in [1.807, 2.05) is 6.07 Å². The number of nitrogens with one attached hydrogen (secondary N) is 2. The molecule has 1 saturated carbocycles. The second kappa shape index (κ2) is 12.5. The third kappa shape index (κ3) is 6.95. The first kappa shape index (κ1) is 30.5. The van der Waals surface area contributed by atoms with Crippen LogP contribution in [0.5, 0.6) is 11.5 Å². The van der Waals surface area contributed by atoms with Crippen molar-refractivity contribution in [3.63, 3.8) is 0 Å². The maximum atomic E-state index is 12.6. The van der Waals surface area contributed by atoms with Crippen LogP contribution in [0.4, 0.5) is 23.7 Å². The van der Waals surface area contributed by atoms with Gasteiger partial charge in [0.1, 0.15) is 0 Å². The number of ether oxygens (including phenoxy) is 2. The van der Waals surface area contributed by atoms with Crippen LogP contribution >= 0.6 is 0 Å². The van der Waals surface area contributed by atoms with Crippen molar-refractivity contribution >= 4 is 23.7 Å². The van der Waals surface area contributed by atoms with Crippen LogP contribution in [0.3, 0.4) is 0 Å². The van der Waals surface area contributed by atoms with Gasteiger partial charge >= 0.3 is 24.1 Å². The number of methoxy groups -OCH3 is 2. The van der Waals surface area contributed by atoms with Crippen molar-refractivity contribution in [2.24, 2.45) is 0 Å². The molecule has 218 valence electrons. The van der Waals surface area contributed by atoms with Crippen molar-refractivity contribution in [3.05, 3.63) is 53.6 Å². The molecule has 4 N–H and O–H groups in total. The lowest BCUT2D eigenvalue weighted by Gasteiger charge is -2.45. The summed E-state index contributed by atoms with van der Waals surface area (Å²) in [6.45, 7) is 1.000. The number of hydrogen-bond acceptors (Lipinski definition) is 6. The second-order valence-electron chi connectivity index (χ2n) is 9.73. The average Bonchev–Trinajstić information content (AvgIpc) is 3.25. The van der Waals surface area contributed by atoms with Gasteiger partial charge in [0.2, 0.25) is 0 Å². The summed E-state index contributed by atoms with van der Waals surface area (Å²) in [5.41, 5.74) is 1.86. The number of likely N-dealkylation sites (tertiary alicyclic amines) is 1. The van der Waals surface area contributed by atoms with E-state index in [2.05, 4.69) is 34.7 Å². The molecule has 1 aliphatic carbocycles. The number of aliphatic carboxylic acids is 1. The van der Waals surface area contributed by atoms with Gasteiger partial charge in [0.05, 0.1) is 19.8 Å². The molecule has 10 nitrogen and oxygen atoms in total. The SMILES string of the molecule is COc1ccc(C23CCC(NC(=O)Nc4cccc(C(=O)O)c4)CC2N(C)CC3)cc1OC.O=C(O)C(F)(F)F. The van der Waals surface area contributed by atoms with Gasteiger partial charge in [-0.05, 0) is 75.2 Å². The summed E-state index contributed by atoms with van der Waals surface area (Å²) < 4.78 is 42.7. The highest BCUT2D eigenvalue weighted by atomic mass is 19.4. The minimum absolute atomic E-state index is 0.0127. The van der Waals surface area contributed by atoms with E-state index in [9.17, 15) is 22.8 Å². The minimum atomic E-state index is -5.08. The van der Waals surface area contributed by atoms with E-state index >= 15 is 0 Å². The number of fused-ring (bicyclic) bond motifs is 1. The van der Waals surface area contributed by atoms with E-state index in [0.717, 1.165) is 43.7 Å². The number of carbonyl (C=O) groups is 3. The molecule has 1 heterocycles. The van der Waals surface area contributed by atoms with Crippen LogP contribution in [0, 0.1) is 0 Å². The fraction of sp³-hybridized carbons (Fsp3) is 0.444. The Morgan fingerprint density at radius 3 is 2.30 bits per heavy atom. The summed E-state index contributed by atoms with van der Waals surface area (Å²) in [7, 11) is 5.44. The Morgan fingerprint density at radius 2 is 1.70 bits per heavy atom. The molecular weight excluding hydrogens is 535 g/mol. The van der Waals surface area contributed by atoms with E-state index in [1.54, 1.807) is 26.4 Å². The Labute approximate surface area is 229 Å². The number of carboxylic acids is 2. The quantitative estimate of drug-likeness (QED) is 0.404. The lowest BCUT2D eigenvalue weighted by atomic mass is 9.65. The normalized spacial score (nSPS) is 22.2. The Kier molecular flexibility index (Phi) is 9.51. The monoisotopic (exact) mass is 567 g/mol. The number of carbonyl (C=O) groups excluding carboxylic acids is 1. The van der Waals surface area contributed by atoms with E-state index in [1.165, 1.54) is 17.7 Å². The molecule has 13 heteroatoms. The number of nitrogens with zero attached hydrogens (tertiary/aromatic N) is 1.